The van der Waals surface area contributed by atoms with Crippen LogP contribution in [-0.4, -0.2) is 36.0 Å². The van der Waals surface area contributed by atoms with E-state index in [1.165, 1.54) is 6.07 Å². The van der Waals surface area contributed by atoms with Crippen LogP contribution >= 0.6 is 0 Å². The van der Waals surface area contributed by atoms with Crippen molar-refractivity contribution in [3.05, 3.63) is 65.2 Å². The Balaban J connectivity index is 1.93. The van der Waals surface area contributed by atoms with Crippen molar-refractivity contribution in [3.8, 4) is 0 Å². The number of carbonyl (C=O) groups is 3. The molecule has 6 nitrogen and oxygen atoms in total. The molecule has 1 heterocycles. The average Bonchev–Trinajstić information content (AvgIpc) is 2.84. The van der Waals surface area contributed by atoms with Crippen LogP contribution in [0.25, 0.3) is 0 Å². The maximum absolute atomic E-state index is 12.4. The fraction of sp³-hybridized carbons (Fsp3) is 0.118. The van der Waals surface area contributed by atoms with E-state index in [4.69, 9.17) is 5.11 Å². The molecule has 0 fully saturated rings. The zero-order chi connectivity index (χ0) is 16.4. The molecule has 0 saturated carbocycles. The molecule has 3 amide bonds. The second kappa shape index (κ2) is 6.02. The number of anilines is 1. The first kappa shape index (κ1) is 14.9. The molecular weight excluding hydrogens is 296 g/mol. The van der Waals surface area contributed by atoms with Gasteiger partial charge in [-0.15, -0.1) is 0 Å². The summed E-state index contributed by atoms with van der Waals surface area (Å²) in [5.74, 6) is -1.19. The number of aliphatic hydroxyl groups excluding tert-OH is 1. The summed E-state index contributed by atoms with van der Waals surface area (Å²) in [6.45, 7) is -0.0279. The Morgan fingerprint density at radius 1 is 1.00 bits per heavy atom. The number of carbonyl (C=O) groups excluding carboxylic acids is 3. The molecule has 0 aliphatic carbocycles. The van der Waals surface area contributed by atoms with Gasteiger partial charge in [0.25, 0.3) is 17.7 Å². The second-order valence-corrected chi connectivity index (χ2v) is 5.02. The van der Waals surface area contributed by atoms with Crippen molar-refractivity contribution in [1.82, 2.24) is 5.32 Å². The minimum Gasteiger partial charge on any atom is -0.395 e. The van der Waals surface area contributed by atoms with Gasteiger partial charge < -0.3 is 10.4 Å². The Hall–Kier alpha value is -2.99. The lowest BCUT2D eigenvalue weighted by atomic mass is 10.1. The molecule has 0 aromatic heterocycles. The van der Waals surface area contributed by atoms with Gasteiger partial charge in [0, 0.05) is 12.1 Å². The molecule has 0 radical (unpaired) electrons. The molecule has 3 rings (SSSR count). The van der Waals surface area contributed by atoms with Gasteiger partial charge in [0.1, 0.15) is 0 Å². The number of amides is 3. The molecular formula is C17H14N2O4. The highest BCUT2D eigenvalue weighted by Gasteiger charge is 2.36. The third kappa shape index (κ3) is 2.60. The first-order valence-electron chi connectivity index (χ1n) is 7.10. The summed E-state index contributed by atoms with van der Waals surface area (Å²) in [5, 5.41) is 11.3. The summed E-state index contributed by atoms with van der Waals surface area (Å²) in [7, 11) is 0. The molecule has 23 heavy (non-hydrogen) atoms. The fourth-order valence-corrected chi connectivity index (χ4v) is 2.48. The van der Waals surface area contributed by atoms with Crippen LogP contribution in [0.2, 0.25) is 0 Å². The Morgan fingerprint density at radius 2 is 1.65 bits per heavy atom. The van der Waals surface area contributed by atoms with Gasteiger partial charge in [-0.3, -0.25) is 14.4 Å². The second-order valence-electron chi connectivity index (χ2n) is 5.02. The lowest BCUT2D eigenvalue weighted by Crippen LogP contribution is -2.30. The molecule has 0 unspecified atom stereocenters. The average molecular weight is 310 g/mol. The van der Waals surface area contributed by atoms with Crippen molar-refractivity contribution in [2.24, 2.45) is 0 Å². The minimum atomic E-state index is -0.404. The highest BCUT2D eigenvalue weighted by Crippen LogP contribution is 2.28. The van der Waals surface area contributed by atoms with Crippen molar-refractivity contribution in [3.63, 3.8) is 0 Å². The van der Waals surface area contributed by atoms with Crippen LogP contribution in [0.15, 0.2) is 48.5 Å². The van der Waals surface area contributed by atoms with E-state index in [0.29, 0.717) is 22.4 Å². The van der Waals surface area contributed by atoms with Crippen LogP contribution in [0.3, 0.4) is 0 Å². The Labute approximate surface area is 132 Å². The monoisotopic (exact) mass is 310 g/mol. The molecule has 2 aromatic rings. The molecule has 0 saturated heterocycles. The number of hydrogen-bond donors (Lipinski definition) is 2. The predicted octanol–water partition coefficient (Wildman–Crippen LogP) is 1.21. The Morgan fingerprint density at radius 3 is 2.26 bits per heavy atom. The fourth-order valence-electron chi connectivity index (χ4n) is 2.48. The zero-order valence-corrected chi connectivity index (χ0v) is 12.2. The maximum Gasteiger partial charge on any atom is 0.266 e. The molecule has 0 atom stereocenters. The highest BCUT2D eigenvalue weighted by molar-refractivity contribution is 6.34. The van der Waals surface area contributed by atoms with E-state index in [0.717, 1.165) is 4.90 Å². The number of rotatable bonds is 4. The van der Waals surface area contributed by atoms with Gasteiger partial charge in [-0.25, -0.2) is 4.90 Å². The predicted molar refractivity (Wildman–Crippen MR) is 83.4 cm³/mol. The van der Waals surface area contributed by atoms with Crippen molar-refractivity contribution in [2.45, 2.75) is 0 Å². The topological polar surface area (TPSA) is 86.7 Å². The molecule has 0 bridgehead atoms. The smallest absolute Gasteiger partial charge is 0.266 e. The summed E-state index contributed by atoms with van der Waals surface area (Å²) in [6.07, 6.45) is 0. The summed E-state index contributed by atoms with van der Waals surface area (Å²) >= 11 is 0. The SMILES string of the molecule is O=C(NCCO)c1cccc(N2C(=O)c3ccccc3C2=O)c1. The van der Waals surface area contributed by atoms with E-state index in [-0.39, 0.29) is 19.1 Å². The standard InChI is InChI=1S/C17H14N2O4/c20-9-8-18-15(21)11-4-3-5-12(10-11)19-16(22)13-6-1-2-7-14(13)17(19)23/h1-7,10,20H,8-9H2,(H,18,21). The number of imide groups is 1. The van der Waals surface area contributed by atoms with Crippen LogP contribution in [0.1, 0.15) is 31.1 Å². The van der Waals surface area contributed by atoms with Crippen LogP contribution in [0.5, 0.6) is 0 Å². The molecule has 116 valence electrons. The van der Waals surface area contributed by atoms with Crippen LogP contribution in [-0.2, 0) is 0 Å². The number of nitrogens with one attached hydrogen (secondary N) is 1. The van der Waals surface area contributed by atoms with Gasteiger partial charge in [-0.1, -0.05) is 18.2 Å². The summed E-state index contributed by atoms with van der Waals surface area (Å²) in [4.78, 5) is 37.9. The Bertz CT molecular complexity index is 766. The van der Waals surface area contributed by atoms with E-state index < -0.39 is 11.8 Å². The normalized spacial score (nSPS) is 13.2. The largest absolute Gasteiger partial charge is 0.395 e. The number of fused-ring (bicyclic) bond motifs is 1. The van der Waals surface area contributed by atoms with E-state index in [1.54, 1.807) is 42.5 Å². The zero-order valence-electron chi connectivity index (χ0n) is 12.2. The highest BCUT2D eigenvalue weighted by atomic mass is 16.3. The first-order valence-corrected chi connectivity index (χ1v) is 7.10. The summed E-state index contributed by atoms with van der Waals surface area (Å²) < 4.78 is 0. The van der Waals surface area contributed by atoms with Crippen LogP contribution < -0.4 is 10.2 Å². The number of hydrogen-bond acceptors (Lipinski definition) is 4. The van der Waals surface area contributed by atoms with E-state index in [9.17, 15) is 14.4 Å². The quantitative estimate of drug-likeness (QED) is 0.831. The molecule has 0 spiro atoms. The number of aliphatic hydroxyl groups is 1. The van der Waals surface area contributed by atoms with Gasteiger partial charge >= 0.3 is 0 Å². The van der Waals surface area contributed by atoms with Gasteiger partial charge in [0.15, 0.2) is 0 Å². The van der Waals surface area contributed by atoms with E-state index in [1.807, 2.05) is 0 Å². The molecule has 2 aromatic carbocycles. The number of nitrogens with zero attached hydrogens (tertiary/aromatic N) is 1. The van der Waals surface area contributed by atoms with E-state index >= 15 is 0 Å². The van der Waals surface area contributed by atoms with Gasteiger partial charge in [0.2, 0.25) is 0 Å². The third-order valence-electron chi connectivity index (χ3n) is 3.56. The maximum atomic E-state index is 12.4. The molecule has 2 N–H and O–H groups in total. The first-order chi connectivity index (χ1) is 11.1. The minimum absolute atomic E-state index is 0.135. The molecule has 1 aliphatic heterocycles. The van der Waals surface area contributed by atoms with Crippen molar-refractivity contribution >= 4 is 23.4 Å². The van der Waals surface area contributed by atoms with Crippen molar-refractivity contribution in [1.29, 1.82) is 0 Å². The summed E-state index contributed by atoms with van der Waals surface area (Å²) in [6, 6.07) is 12.9. The number of benzene rings is 2. The van der Waals surface area contributed by atoms with Crippen LogP contribution in [0.4, 0.5) is 5.69 Å². The van der Waals surface area contributed by atoms with Crippen molar-refractivity contribution in [2.75, 3.05) is 18.1 Å². The third-order valence-corrected chi connectivity index (χ3v) is 3.56. The Kier molecular flexibility index (Phi) is 3.91. The lowest BCUT2D eigenvalue weighted by molar-refractivity contribution is 0.0918. The van der Waals surface area contributed by atoms with Crippen molar-refractivity contribution < 1.29 is 19.5 Å². The molecule has 1 aliphatic rings. The van der Waals surface area contributed by atoms with Gasteiger partial charge in [-0.05, 0) is 30.3 Å². The lowest BCUT2D eigenvalue weighted by Gasteiger charge is -2.15. The molecule has 6 heteroatoms. The van der Waals surface area contributed by atoms with E-state index in [2.05, 4.69) is 5.32 Å². The summed E-state index contributed by atoms with van der Waals surface area (Å²) in [5.41, 5.74) is 1.36. The van der Waals surface area contributed by atoms with Crippen LogP contribution in [0, 0.1) is 0 Å². The van der Waals surface area contributed by atoms with Gasteiger partial charge in [0.05, 0.1) is 23.4 Å². The van der Waals surface area contributed by atoms with Gasteiger partial charge in [-0.2, -0.15) is 0 Å².